The van der Waals surface area contributed by atoms with E-state index in [1.807, 2.05) is 0 Å². The van der Waals surface area contributed by atoms with Crippen molar-refractivity contribution in [2.24, 2.45) is 0 Å². The highest BCUT2D eigenvalue weighted by molar-refractivity contribution is 7.91. The van der Waals surface area contributed by atoms with Gasteiger partial charge in [-0.15, -0.1) is 0 Å². The number of carboxylic acids is 1. The third-order valence-corrected chi connectivity index (χ3v) is 3.93. The summed E-state index contributed by atoms with van der Waals surface area (Å²) < 4.78 is 22.4. The lowest BCUT2D eigenvalue weighted by molar-refractivity contribution is -0.131. The van der Waals surface area contributed by atoms with Gasteiger partial charge < -0.3 is 10.0 Å². The van der Waals surface area contributed by atoms with Gasteiger partial charge in [0.15, 0.2) is 9.84 Å². The fraction of sp³-hybridized carbons (Fsp3) is 0.625. The van der Waals surface area contributed by atoms with Crippen molar-refractivity contribution in [3.05, 3.63) is 12.3 Å². The van der Waals surface area contributed by atoms with Crippen LogP contribution in [0.15, 0.2) is 12.3 Å². The largest absolute Gasteiger partial charge is 0.478 e. The summed E-state index contributed by atoms with van der Waals surface area (Å²) in [6.45, 7) is 2.14. The van der Waals surface area contributed by atoms with Crippen LogP contribution in [0, 0.1) is 0 Å². The molecule has 1 fully saturated rings. The minimum Gasteiger partial charge on any atom is -0.478 e. The Kier molecular flexibility index (Phi) is 3.15. The highest BCUT2D eigenvalue weighted by Crippen LogP contribution is 2.11. The van der Waals surface area contributed by atoms with Gasteiger partial charge in [0.25, 0.3) is 0 Å². The number of hydrogen-bond acceptors (Lipinski definition) is 4. The van der Waals surface area contributed by atoms with Gasteiger partial charge in [-0.2, -0.15) is 0 Å². The Bertz CT molecular complexity index is 346. The SMILES string of the molecule is CC1CS(=O)(=O)CCN1/C=C/C(=O)O. The molecule has 1 unspecified atom stereocenters. The predicted molar refractivity (Wildman–Crippen MR) is 51.6 cm³/mol. The maximum Gasteiger partial charge on any atom is 0.329 e. The molecule has 0 radical (unpaired) electrons. The van der Waals surface area contributed by atoms with Gasteiger partial charge in [0.05, 0.1) is 11.5 Å². The van der Waals surface area contributed by atoms with Crippen LogP contribution in [-0.2, 0) is 14.6 Å². The van der Waals surface area contributed by atoms with Gasteiger partial charge in [0.2, 0.25) is 0 Å². The summed E-state index contributed by atoms with van der Waals surface area (Å²) >= 11 is 0. The highest BCUT2D eigenvalue weighted by Gasteiger charge is 2.25. The Morgan fingerprint density at radius 3 is 2.71 bits per heavy atom. The molecule has 6 heteroatoms. The number of rotatable bonds is 2. The molecule has 0 aromatic rings. The van der Waals surface area contributed by atoms with Crippen LogP contribution in [0.2, 0.25) is 0 Å². The highest BCUT2D eigenvalue weighted by atomic mass is 32.2. The first-order chi connectivity index (χ1) is 6.41. The standard InChI is InChI=1S/C8H13NO4S/c1-7-6-14(12,13)5-4-9(7)3-2-8(10)11/h2-3,7H,4-6H2,1H3,(H,10,11)/b3-2+. The Labute approximate surface area is 82.9 Å². The molecule has 80 valence electrons. The lowest BCUT2D eigenvalue weighted by Crippen LogP contribution is -2.43. The van der Waals surface area contributed by atoms with Crippen molar-refractivity contribution in [1.29, 1.82) is 0 Å². The molecule has 14 heavy (non-hydrogen) atoms. The second kappa shape index (κ2) is 4.00. The summed E-state index contributed by atoms with van der Waals surface area (Å²) in [5.74, 6) is -0.830. The normalized spacial score (nSPS) is 26.6. The minimum atomic E-state index is -2.93. The van der Waals surface area contributed by atoms with Gasteiger partial charge in [-0.05, 0) is 6.92 Å². The van der Waals surface area contributed by atoms with Crippen LogP contribution in [-0.4, -0.2) is 48.5 Å². The van der Waals surface area contributed by atoms with Crippen LogP contribution in [0.25, 0.3) is 0 Å². The first-order valence-corrected chi connectivity index (χ1v) is 6.10. The third-order valence-electron chi connectivity index (χ3n) is 2.13. The second-order valence-corrected chi connectivity index (χ2v) is 5.58. The maximum absolute atomic E-state index is 11.2. The summed E-state index contributed by atoms with van der Waals surface area (Å²) in [4.78, 5) is 12.0. The minimum absolute atomic E-state index is 0.0942. The topological polar surface area (TPSA) is 74.7 Å². The van der Waals surface area contributed by atoms with Crippen LogP contribution < -0.4 is 0 Å². The molecule has 1 heterocycles. The molecule has 0 aromatic carbocycles. The lowest BCUT2D eigenvalue weighted by atomic mass is 10.3. The van der Waals surface area contributed by atoms with Crippen LogP contribution in [0.1, 0.15) is 6.92 Å². The van der Waals surface area contributed by atoms with Gasteiger partial charge in [-0.1, -0.05) is 0 Å². The van der Waals surface area contributed by atoms with E-state index in [4.69, 9.17) is 5.11 Å². The van der Waals surface area contributed by atoms with Crippen LogP contribution in [0.3, 0.4) is 0 Å². The zero-order valence-electron chi connectivity index (χ0n) is 7.88. The Balaban J connectivity index is 2.63. The number of carboxylic acid groups (broad SMARTS) is 1. The molecule has 1 saturated heterocycles. The molecule has 1 aliphatic rings. The summed E-state index contributed by atoms with van der Waals surface area (Å²) in [6, 6.07) is -0.149. The zero-order chi connectivity index (χ0) is 10.8. The average molecular weight is 219 g/mol. The summed E-state index contributed by atoms with van der Waals surface area (Å²) in [7, 11) is -2.93. The van der Waals surface area contributed by atoms with E-state index >= 15 is 0 Å². The fourth-order valence-corrected chi connectivity index (χ4v) is 2.97. The second-order valence-electron chi connectivity index (χ2n) is 3.36. The number of sulfone groups is 1. The monoisotopic (exact) mass is 219 g/mol. The number of carbonyl (C=O) groups is 1. The number of hydrogen-bond donors (Lipinski definition) is 1. The van der Waals surface area contributed by atoms with Crippen LogP contribution >= 0.6 is 0 Å². The molecule has 5 nitrogen and oxygen atoms in total. The molecule has 0 bridgehead atoms. The predicted octanol–water partition coefficient (Wildman–Crippen LogP) is -0.296. The van der Waals surface area contributed by atoms with Crippen molar-refractivity contribution in [1.82, 2.24) is 4.90 Å². The molecule has 0 aliphatic carbocycles. The molecule has 1 N–H and O–H groups in total. The number of aliphatic carboxylic acids is 1. The summed E-state index contributed by atoms with van der Waals surface area (Å²) in [6.07, 6.45) is 2.45. The van der Waals surface area contributed by atoms with E-state index in [2.05, 4.69) is 0 Å². The molecule has 1 aliphatic heterocycles. The van der Waals surface area contributed by atoms with Gasteiger partial charge in [-0.3, -0.25) is 0 Å². The van der Waals surface area contributed by atoms with Gasteiger partial charge in [0.1, 0.15) is 0 Å². The van der Waals surface area contributed by atoms with Crippen LogP contribution in [0.4, 0.5) is 0 Å². The van der Waals surface area contributed by atoms with Crippen molar-refractivity contribution >= 4 is 15.8 Å². The molecule has 0 spiro atoms. The van der Waals surface area contributed by atoms with E-state index in [9.17, 15) is 13.2 Å². The van der Waals surface area contributed by atoms with Gasteiger partial charge in [-0.25, -0.2) is 13.2 Å². The van der Waals surface area contributed by atoms with E-state index in [1.165, 1.54) is 6.20 Å². The molecular formula is C8H13NO4S. The van der Waals surface area contributed by atoms with Crippen molar-refractivity contribution < 1.29 is 18.3 Å². The Morgan fingerprint density at radius 2 is 2.21 bits per heavy atom. The molecule has 1 atom stereocenters. The zero-order valence-corrected chi connectivity index (χ0v) is 8.70. The Morgan fingerprint density at radius 1 is 1.57 bits per heavy atom. The smallest absolute Gasteiger partial charge is 0.329 e. The van der Waals surface area contributed by atoms with Crippen molar-refractivity contribution in [2.45, 2.75) is 13.0 Å². The van der Waals surface area contributed by atoms with Gasteiger partial charge in [0, 0.05) is 24.9 Å². The average Bonchev–Trinajstić information content (AvgIpc) is 2.00. The van der Waals surface area contributed by atoms with E-state index in [0.29, 0.717) is 6.54 Å². The van der Waals surface area contributed by atoms with Crippen molar-refractivity contribution in [3.63, 3.8) is 0 Å². The molecule has 1 rings (SSSR count). The molecular weight excluding hydrogens is 206 g/mol. The molecule has 0 saturated carbocycles. The summed E-state index contributed by atoms with van der Waals surface area (Å²) in [5, 5.41) is 8.40. The maximum atomic E-state index is 11.2. The van der Waals surface area contributed by atoms with Crippen LogP contribution in [0.5, 0.6) is 0 Å². The van der Waals surface area contributed by atoms with Crippen molar-refractivity contribution in [3.8, 4) is 0 Å². The lowest BCUT2D eigenvalue weighted by Gasteiger charge is -2.31. The third kappa shape index (κ3) is 3.02. The van der Waals surface area contributed by atoms with Crippen molar-refractivity contribution in [2.75, 3.05) is 18.1 Å². The van der Waals surface area contributed by atoms with E-state index in [1.54, 1.807) is 11.8 Å². The summed E-state index contributed by atoms with van der Waals surface area (Å²) in [5.41, 5.74) is 0. The molecule has 0 amide bonds. The molecule has 0 aromatic heterocycles. The van der Waals surface area contributed by atoms with E-state index in [-0.39, 0.29) is 17.5 Å². The first kappa shape index (κ1) is 11.0. The fourth-order valence-electron chi connectivity index (χ4n) is 1.39. The van der Waals surface area contributed by atoms with E-state index in [0.717, 1.165) is 6.08 Å². The van der Waals surface area contributed by atoms with E-state index < -0.39 is 15.8 Å². The Hall–Kier alpha value is -1.04. The first-order valence-electron chi connectivity index (χ1n) is 4.28. The van der Waals surface area contributed by atoms with Gasteiger partial charge >= 0.3 is 5.97 Å². The quantitative estimate of drug-likeness (QED) is 0.646. The number of nitrogens with zero attached hydrogens (tertiary/aromatic N) is 1.